The van der Waals surface area contributed by atoms with E-state index in [0.29, 0.717) is 5.92 Å². The van der Waals surface area contributed by atoms with Crippen LogP contribution in [0.4, 0.5) is 0 Å². The lowest BCUT2D eigenvalue weighted by Gasteiger charge is -1.92. The van der Waals surface area contributed by atoms with Gasteiger partial charge in [-0.05, 0) is 6.92 Å². The van der Waals surface area contributed by atoms with Crippen LogP contribution in [0.2, 0.25) is 0 Å². The third-order valence-corrected chi connectivity index (χ3v) is 1.20. The molecule has 0 heterocycles. The van der Waals surface area contributed by atoms with Gasteiger partial charge in [0, 0.05) is 12.3 Å². The van der Waals surface area contributed by atoms with Gasteiger partial charge in [-0.3, -0.25) is 0 Å². The van der Waals surface area contributed by atoms with Crippen molar-refractivity contribution in [2.45, 2.75) is 13.3 Å². The van der Waals surface area contributed by atoms with E-state index in [-0.39, 0.29) is 0 Å². The Morgan fingerprint density at radius 2 is 2.33 bits per heavy atom. The molecule has 0 radical (unpaired) electrons. The molecule has 1 unspecified atom stereocenters. The van der Waals surface area contributed by atoms with Gasteiger partial charge < -0.3 is 0 Å². The predicted octanol–water partition coefficient (Wildman–Crippen LogP) is 2.14. The molecule has 0 amide bonds. The van der Waals surface area contributed by atoms with Gasteiger partial charge in [0.2, 0.25) is 0 Å². The highest BCUT2D eigenvalue weighted by Gasteiger charge is 1.86. The van der Waals surface area contributed by atoms with E-state index in [1.54, 1.807) is 0 Å². The lowest BCUT2D eigenvalue weighted by molar-refractivity contribution is 0.976. The van der Waals surface area contributed by atoms with Crippen LogP contribution in [0.3, 0.4) is 0 Å². The summed E-state index contributed by atoms with van der Waals surface area (Å²) in [5.41, 5.74) is 0. The monoisotopic (exact) mass is 118 g/mol. The number of allylic oxidation sites excluding steroid dienone is 4. The largest absolute Gasteiger partial charge is 0.0985 e. The fourth-order valence-corrected chi connectivity index (χ4v) is 0.704. The van der Waals surface area contributed by atoms with Crippen LogP contribution in [-0.2, 0) is 0 Å². The van der Waals surface area contributed by atoms with Gasteiger partial charge in [0.05, 0.1) is 0 Å². The average molecular weight is 118 g/mol. The summed E-state index contributed by atoms with van der Waals surface area (Å²) >= 11 is 0. The van der Waals surface area contributed by atoms with Crippen LogP contribution in [0, 0.1) is 17.8 Å². The van der Waals surface area contributed by atoms with E-state index in [1.165, 1.54) is 0 Å². The van der Waals surface area contributed by atoms with Gasteiger partial charge in [0.15, 0.2) is 0 Å². The first-order valence-electron chi connectivity index (χ1n) is 3.21. The molecule has 0 aromatic rings. The first-order valence-corrected chi connectivity index (χ1v) is 3.21. The van der Waals surface area contributed by atoms with Gasteiger partial charge in [0.25, 0.3) is 0 Å². The zero-order valence-corrected chi connectivity index (χ0v) is 5.59. The molecule has 0 spiro atoms. The number of hydrogen-bond donors (Lipinski definition) is 0. The molecule has 0 heteroatoms. The summed E-state index contributed by atoms with van der Waals surface area (Å²) in [4.78, 5) is 0. The van der Waals surface area contributed by atoms with Crippen LogP contribution in [0.5, 0.6) is 0 Å². The van der Waals surface area contributed by atoms with Crippen molar-refractivity contribution in [3.8, 4) is 11.8 Å². The summed E-state index contributed by atoms with van der Waals surface area (Å²) in [5.74, 6) is 6.57. The molecule has 46 valence electrons. The topological polar surface area (TPSA) is 0 Å². The van der Waals surface area contributed by atoms with Crippen molar-refractivity contribution in [2.24, 2.45) is 5.92 Å². The molecular weight excluding hydrogens is 108 g/mol. The Hall–Kier alpha value is -0.960. The van der Waals surface area contributed by atoms with Crippen molar-refractivity contribution < 1.29 is 0 Å². The molecule has 1 aliphatic rings. The van der Waals surface area contributed by atoms with Crippen molar-refractivity contribution in [3.05, 3.63) is 24.3 Å². The molecule has 1 rings (SSSR count). The zero-order valence-electron chi connectivity index (χ0n) is 5.59. The molecule has 1 atom stereocenters. The average Bonchev–Trinajstić information content (AvgIpc) is 1.79. The quantitative estimate of drug-likeness (QED) is 0.427. The van der Waals surface area contributed by atoms with E-state index in [0.717, 1.165) is 6.42 Å². The first kappa shape index (κ1) is 6.16. The van der Waals surface area contributed by atoms with Gasteiger partial charge in [-0.15, -0.1) is 0 Å². The summed E-state index contributed by atoms with van der Waals surface area (Å²) in [6, 6.07) is 0. The Morgan fingerprint density at radius 3 is 3.22 bits per heavy atom. The normalized spacial score (nSPS) is 31.0. The molecule has 0 aliphatic heterocycles. The molecule has 0 nitrogen and oxygen atoms in total. The molecule has 0 aromatic carbocycles. The van der Waals surface area contributed by atoms with Crippen molar-refractivity contribution in [2.75, 3.05) is 0 Å². The Labute approximate surface area is 56.3 Å². The molecule has 9 heavy (non-hydrogen) atoms. The van der Waals surface area contributed by atoms with Crippen LogP contribution < -0.4 is 0 Å². The Kier molecular flexibility index (Phi) is 2.15. The number of rotatable bonds is 0. The van der Waals surface area contributed by atoms with Crippen LogP contribution in [0.15, 0.2) is 24.3 Å². The van der Waals surface area contributed by atoms with Crippen molar-refractivity contribution in [1.29, 1.82) is 0 Å². The maximum absolute atomic E-state index is 3.10. The van der Waals surface area contributed by atoms with Crippen LogP contribution in [0.25, 0.3) is 0 Å². The van der Waals surface area contributed by atoms with Gasteiger partial charge in [-0.25, -0.2) is 0 Å². The van der Waals surface area contributed by atoms with Gasteiger partial charge in [-0.1, -0.05) is 36.1 Å². The summed E-state index contributed by atoms with van der Waals surface area (Å²) in [6.45, 7) is 2.10. The summed E-state index contributed by atoms with van der Waals surface area (Å²) in [5, 5.41) is 0. The molecule has 0 bridgehead atoms. The highest BCUT2D eigenvalue weighted by molar-refractivity contribution is 5.18. The maximum atomic E-state index is 3.10. The molecule has 0 saturated carbocycles. The zero-order chi connectivity index (χ0) is 6.53. The minimum absolute atomic E-state index is 0.426. The molecule has 0 fully saturated rings. The first-order chi connectivity index (χ1) is 4.39. The van der Waals surface area contributed by atoms with E-state index in [9.17, 15) is 0 Å². The SMILES string of the molecule is CC1C#CC/C=C\C=C/1. The van der Waals surface area contributed by atoms with E-state index in [2.05, 4.69) is 37.0 Å². The van der Waals surface area contributed by atoms with Gasteiger partial charge >= 0.3 is 0 Å². The lowest BCUT2D eigenvalue weighted by atomic mass is 10.1. The summed E-state index contributed by atoms with van der Waals surface area (Å²) < 4.78 is 0. The van der Waals surface area contributed by atoms with E-state index < -0.39 is 0 Å². The summed E-state index contributed by atoms with van der Waals surface area (Å²) in [6.07, 6.45) is 9.16. The second-order valence-corrected chi connectivity index (χ2v) is 2.13. The summed E-state index contributed by atoms with van der Waals surface area (Å²) in [7, 11) is 0. The second kappa shape index (κ2) is 3.14. The Morgan fingerprint density at radius 1 is 1.44 bits per heavy atom. The predicted molar refractivity (Wildman–Crippen MR) is 39.8 cm³/mol. The third-order valence-electron chi connectivity index (χ3n) is 1.20. The smallest absolute Gasteiger partial charge is 0.0357 e. The lowest BCUT2D eigenvalue weighted by Crippen LogP contribution is -1.82. The van der Waals surface area contributed by atoms with E-state index in [4.69, 9.17) is 0 Å². The fourth-order valence-electron chi connectivity index (χ4n) is 0.704. The van der Waals surface area contributed by atoms with Gasteiger partial charge in [0.1, 0.15) is 0 Å². The second-order valence-electron chi connectivity index (χ2n) is 2.13. The highest BCUT2D eigenvalue weighted by Crippen LogP contribution is 1.97. The highest BCUT2D eigenvalue weighted by atomic mass is 13.9. The Bertz CT molecular complexity index is 186. The molecule has 0 saturated heterocycles. The fraction of sp³-hybridized carbons (Fsp3) is 0.333. The molecule has 0 N–H and O–H groups in total. The minimum atomic E-state index is 0.426. The third kappa shape index (κ3) is 2.19. The van der Waals surface area contributed by atoms with Crippen molar-refractivity contribution in [3.63, 3.8) is 0 Å². The molecule has 1 aliphatic carbocycles. The number of hydrogen-bond acceptors (Lipinski definition) is 0. The minimum Gasteiger partial charge on any atom is -0.0985 e. The standard InChI is InChI=1S/C9H10/c1-9-7-5-3-2-4-6-8-9/h2-3,5,7,9H,4H2,1H3/b3-2-,7-5-. The van der Waals surface area contributed by atoms with Crippen molar-refractivity contribution in [1.82, 2.24) is 0 Å². The van der Waals surface area contributed by atoms with Crippen LogP contribution in [-0.4, -0.2) is 0 Å². The molecule has 0 aromatic heterocycles. The maximum Gasteiger partial charge on any atom is 0.0357 e. The van der Waals surface area contributed by atoms with E-state index in [1.807, 2.05) is 6.08 Å². The van der Waals surface area contributed by atoms with Crippen LogP contribution in [0.1, 0.15) is 13.3 Å². The van der Waals surface area contributed by atoms with Gasteiger partial charge in [-0.2, -0.15) is 0 Å². The van der Waals surface area contributed by atoms with Crippen LogP contribution >= 0.6 is 0 Å². The Balaban J connectivity index is 2.68. The molecular formula is C9H10. The van der Waals surface area contributed by atoms with E-state index >= 15 is 0 Å². The van der Waals surface area contributed by atoms with Crippen molar-refractivity contribution >= 4 is 0 Å².